The molecule has 0 bridgehead atoms. The smallest absolute Gasteiger partial charge is 0.248 e. The van der Waals surface area contributed by atoms with Gasteiger partial charge in [-0.1, -0.05) is 6.07 Å². The number of primary amides is 1. The normalized spacial score (nSPS) is 20.7. The Morgan fingerprint density at radius 1 is 1.48 bits per heavy atom. The van der Waals surface area contributed by atoms with Crippen LogP contribution in [0.2, 0.25) is 0 Å². The molecular formula is C16H20N4O4S. The van der Waals surface area contributed by atoms with Crippen LogP contribution >= 0.6 is 0 Å². The molecule has 2 atom stereocenters. The van der Waals surface area contributed by atoms with Crippen molar-refractivity contribution in [3.05, 3.63) is 47.8 Å². The Bertz CT molecular complexity index is 878. The first-order chi connectivity index (χ1) is 11.9. The molecule has 1 aliphatic heterocycles. The Morgan fingerprint density at radius 2 is 2.28 bits per heavy atom. The van der Waals surface area contributed by atoms with Crippen molar-refractivity contribution in [2.75, 3.05) is 6.61 Å². The van der Waals surface area contributed by atoms with Gasteiger partial charge in [-0.25, -0.2) is 13.1 Å². The third kappa shape index (κ3) is 3.73. The van der Waals surface area contributed by atoms with Gasteiger partial charge in [-0.05, 0) is 31.5 Å². The molecule has 1 aromatic carbocycles. The van der Waals surface area contributed by atoms with Gasteiger partial charge in [-0.2, -0.15) is 5.10 Å². The van der Waals surface area contributed by atoms with E-state index in [-0.39, 0.29) is 10.5 Å². The molecule has 2 aromatic rings. The number of carbonyl (C=O) groups excluding carboxylic acids is 1. The third-order valence-corrected chi connectivity index (χ3v) is 5.62. The van der Waals surface area contributed by atoms with Gasteiger partial charge in [-0.15, -0.1) is 0 Å². The average molecular weight is 364 g/mol. The fourth-order valence-electron chi connectivity index (χ4n) is 2.82. The van der Waals surface area contributed by atoms with E-state index in [2.05, 4.69) is 9.82 Å². The maximum atomic E-state index is 12.7. The van der Waals surface area contributed by atoms with Gasteiger partial charge in [0.25, 0.3) is 0 Å². The second-order valence-corrected chi connectivity index (χ2v) is 7.54. The van der Waals surface area contributed by atoms with Crippen molar-refractivity contribution in [2.24, 2.45) is 5.73 Å². The average Bonchev–Trinajstić information content (AvgIpc) is 3.23. The van der Waals surface area contributed by atoms with Crippen LogP contribution in [-0.2, 0) is 21.3 Å². The standard InChI is InChI=1S/C16H20N4O4S/c1-2-20-10-12(9-18-20)15-14(6-7-24-15)19-25(22,23)13-5-3-4-11(8-13)16(17)21/h3-5,8-10,14-15,19H,2,6-7H2,1H3,(H2,17,21)/t14-,15+/m0/s1. The zero-order valence-corrected chi connectivity index (χ0v) is 14.6. The van der Waals surface area contributed by atoms with Crippen LogP contribution in [0.15, 0.2) is 41.6 Å². The van der Waals surface area contributed by atoms with Crippen molar-refractivity contribution in [1.29, 1.82) is 0 Å². The molecule has 8 nitrogen and oxygen atoms in total. The summed E-state index contributed by atoms with van der Waals surface area (Å²) in [7, 11) is -3.80. The van der Waals surface area contributed by atoms with Gasteiger partial charge in [0.05, 0.1) is 17.1 Å². The molecule has 1 amide bonds. The van der Waals surface area contributed by atoms with Gasteiger partial charge >= 0.3 is 0 Å². The molecular weight excluding hydrogens is 344 g/mol. The van der Waals surface area contributed by atoms with E-state index in [0.717, 1.165) is 12.1 Å². The van der Waals surface area contributed by atoms with Crippen LogP contribution in [0.25, 0.3) is 0 Å². The molecule has 3 N–H and O–H groups in total. The Kier molecular flexibility index (Phi) is 4.89. The lowest BCUT2D eigenvalue weighted by Crippen LogP contribution is -2.36. The first-order valence-corrected chi connectivity index (χ1v) is 9.45. The number of aromatic nitrogens is 2. The minimum atomic E-state index is -3.80. The van der Waals surface area contributed by atoms with Gasteiger partial charge in [0.15, 0.2) is 0 Å². The number of amides is 1. The highest BCUT2D eigenvalue weighted by Gasteiger charge is 2.34. The molecule has 134 valence electrons. The fraction of sp³-hybridized carbons (Fsp3) is 0.375. The predicted octanol–water partition coefficient (Wildman–Crippen LogP) is 0.810. The Balaban J connectivity index is 1.82. The summed E-state index contributed by atoms with van der Waals surface area (Å²) in [5, 5.41) is 4.21. The van der Waals surface area contributed by atoms with E-state index in [1.54, 1.807) is 10.9 Å². The van der Waals surface area contributed by atoms with Crippen LogP contribution in [0.4, 0.5) is 0 Å². The minimum Gasteiger partial charge on any atom is -0.372 e. The molecule has 1 saturated heterocycles. The number of hydrogen-bond acceptors (Lipinski definition) is 5. The predicted molar refractivity (Wildman–Crippen MR) is 90.3 cm³/mol. The fourth-order valence-corrected chi connectivity index (χ4v) is 4.14. The van der Waals surface area contributed by atoms with Gasteiger partial charge in [0, 0.05) is 30.5 Å². The molecule has 2 heterocycles. The van der Waals surface area contributed by atoms with Crippen molar-refractivity contribution < 1.29 is 17.9 Å². The van der Waals surface area contributed by atoms with Gasteiger partial charge in [-0.3, -0.25) is 9.48 Å². The number of carbonyl (C=O) groups is 1. The minimum absolute atomic E-state index is 0.00120. The molecule has 1 aliphatic rings. The summed E-state index contributed by atoms with van der Waals surface area (Å²) in [6.45, 7) is 3.15. The number of sulfonamides is 1. The van der Waals surface area contributed by atoms with Crippen LogP contribution in [-0.4, -0.2) is 36.8 Å². The summed E-state index contributed by atoms with van der Waals surface area (Å²) in [5.74, 6) is -0.675. The summed E-state index contributed by atoms with van der Waals surface area (Å²) in [5.41, 5.74) is 6.20. The van der Waals surface area contributed by atoms with Crippen molar-refractivity contribution in [3.63, 3.8) is 0 Å². The summed E-state index contributed by atoms with van der Waals surface area (Å²) < 4.78 is 35.5. The summed E-state index contributed by atoms with van der Waals surface area (Å²) in [6, 6.07) is 5.25. The van der Waals surface area contributed by atoms with Gasteiger partial charge < -0.3 is 10.5 Å². The van der Waals surface area contributed by atoms with Crippen molar-refractivity contribution >= 4 is 15.9 Å². The number of nitrogens with zero attached hydrogens (tertiary/aromatic N) is 2. The van der Waals surface area contributed by atoms with Crippen molar-refractivity contribution in [1.82, 2.24) is 14.5 Å². The molecule has 0 unspecified atom stereocenters. The zero-order chi connectivity index (χ0) is 18.0. The van der Waals surface area contributed by atoms with E-state index in [9.17, 15) is 13.2 Å². The largest absolute Gasteiger partial charge is 0.372 e. The molecule has 3 rings (SSSR count). The second-order valence-electron chi connectivity index (χ2n) is 5.83. The Labute approximate surface area is 146 Å². The second kappa shape index (κ2) is 6.95. The summed E-state index contributed by atoms with van der Waals surface area (Å²) in [6.07, 6.45) is 3.70. The zero-order valence-electron chi connectivity index (χ0n) is 13.8. The van der Waals surface area contributed by atoms with Gasteiger partial charge in [0.1, 0.15) is 6.10 Å². The molecule has 0 saturated carbocycles. The maximum Gasteiger partial charge on any atom is 0.248 e. The van der Waals surface area contributed by atoms with Crippen LogP contribution in [0, 0.1) is 0 Å². The van der Waals surface area contributed by atoms with Crippen molar-refractivity contribution in [3.8, 4) is 0 Å². The number of benzene rings is 1. The Hall–Kier alpha value is -2.23. The highest BCUT2D eigenvalue weighted by molar-refractivity contribution is 7.89. The quantitative estimate of drug-likeness (QED) is 0.787. The SMILES string of the molecule is CCn1cc([C@H]2OCC[C@@H]2NS(=O)(=O)c2cccc(C(N)=O)c2)cn1. The van der Waals surface area contributed by atoms with Crippen LogP contribution in [0.5, 0.6) is 0 Å². The highest BCUT2D eigenvalue weighted by Crippen LogP contribution is 2.30. The van der Waals surface area contributed by atoms with Crippen LogP contribution in [0.3, 0.4) is 0 Å². The van der Waals surface area contributed by atoms with E-state index < -0.39 is 28.1 Å². The van der Waals surface area contributed by atoms with Crippen LogP contribution in [0.1, 0.15) is 35.4 Å². The first kappa shape index (κ1) is 17.6. The van der Waals surface area contributed by atoms with E-state index in [1.165, 1.54) is 24.3 Å². The van der Waals surface area contributed by atoms with E-state index >= 15 is 0 Å². The monoisotopic (exact) mass is 364 g/mol. The van der Waals surface area contributed by atoms with Gasteiger partial charge in [0.2, 0.25) is 15.9 Å². The van der Waals surface area contributed by atoms with Crippen LogP contribution < -0.4 is 10.5 Å². The number of hydrogen-bond donors (Lipinski definition) is 2. The molecule has 25 heavy (non-hydrogen) atoms. The third-order valence-electron chi connectivity index (χ3n) is 4.13. The lowest BCUT2D eigenvalue weighted by Gasteiger charge is -2.19. The van der Waals surface area contributed by atoms with E-state index in [1.807, 2.05) is 13.1 Å². The lowest BCUT2D eigenvalue weighted by molar-refractivity contribution is 0.0999. The van der Waals surface area contributed by atoms with Crippen molar-refractivity contribution in [2.45, 2.75) is 36.9 Å². The molecule has 0 radical (unpaired) electrons. The molecule has 9 heteroatoms. The summed E-state index contributed by atoms with van der Waals surface area (Å²) >= 11 is 0. The highest BCUT2D eigenvalue weighted by atomic mass is 32.2. The number of aryl methyl sites for hydroxylation is 1. The number of ether oxygens (including phenoxy) is 1. The Morgan fingerprint density at radius 3 is 2.96 bits per heavy atom. The molecule has 0 spiro atoms. The molecule has 1 fully saturated rings. The maximum absolute atomic E-state index is 12.7. The first-order valence-electron chi connectivity index (χ1n) is 7.97. The topological polar surface area (TPSA) is 116 Å². The molecule has 0 aliphatic carbocycles. The lowest BCUT2D eigenvalue weighted by atomic mass is 10.1. The number of rotatable bonds is 6. The van der Waals surface area contributed by atoms with E-state index in [4.69, 9.17) is 10.5 Å². The number of nitrogens with one attached hydrogen (secondary N) is 1. The molecule has 1 aromatic heterocycles. The number of nitrogens with two attached hydrogens (primary N) is 1. The summed E-state index contributed by atoms with van der Waals surface area (Å²) in [4.78, 5) is 11.3. The van der Waals surface area contributed by atoms with E-state index in [0.29, 0.717) is 13.0 Å².